The summed E-state index contributed by atoms with van der Waals surface area (Å²) >= 11 is 3.30. The zero-order chi connectivity index (χ0) is 16.3. The van der Waals surface area contributed by atoms with Crippen molar-refractivity contribution >= 4 is 31.7 Å². The summed E-state index contributed by atoms with van der Waals surface area (Å²) in [6.07, 6.45) is 1.28. The van der Waals surface area contributed by atoms with Crippen molar-refractivity contribution in [2.75, 3.05) is 6.26 Å². The molecule has 0 saturated heterocycles. The number of benzene rings is 2. The largest absolute Gasteiger partial charge is 0.478 e. The number of sulfone groups is 1. The summed E-state index contributed by atoms with van der Waals surface area (Å²) in [5.74, 6) is -1.07. The number of hydrogen-bond donors (Lipinski definition) is 1. The van der Waals surface area contributed by atoms with Gasteiger partial charge < -0.3 is 5.11 Å². The molecule has 0 radical (unpaired) electrons. The van der Waals surface area contributed by atoms with E-state index in [0.717, 1.165) is 0 Å². The van der Waals surface area contributed by atoms with Crippen LogP contribution in [0.1, 0.15) is 26.7 Å². The lowest BCUT2D eigenvalue weighted by Crippen LogP contribution is -2.16. The fourth-order valence-electron chi connectivity index (χ4n) is 2.32. The minimum Gasteiger partial charge on any atom is -0.478 e. The molecule has 2 aromatic carbocycles. The van der Waals surface area contributed by atoms with Gasteiger partial charge in [-0.15, -0.1) is 0 Å². The first kappa shape index (κ1) is 16.7. The molecule has 0 aromatic heterocycles. The van der Waals surface area contributed by atoms with Gasteiger partial charge in [-0.2, -0.15) is 0 Å². The number of carbonyl (C=O) groups is 1. The Morgan fingerprint density at radius 1 is 1.18 bits per heavy atom. The maximum absolute atomic E-state index is 12.1. The SMILES string of the molecule is CS(=O)(=O)C(Cc1cc(Br)ccc1C(=O)O)c1ccccc1. The summed E-state index contributed by atoms with van der Waals surface area (Å²) in [5.41, 5.74) is 1.26. The van der Waals surface area contributed by atoms with Gasteiger partial charge in [-0.1, -0.05) is 46.3 Å². The average molecular weight is 383 g/mol. The van der Waals surface area contributed by atoms with Gasteiger partial charge in [-0.3, -0.25) is 0 Å². The van der Waals surface area contributed by atoms with Gasteiger partial charge >= 0.3 is 5.97 Å². The number of halogens is 1. The summed E-state index contributed by atoms with van der Waals surface area (Å²) in [5, 5.41) is 8.50. The Labute approximate surface area is 137 Å². The van der Waals surface area contributed by atoms with Crippen molar-refractivity contribution in [3.8, 4) is 0 Å². The molecule has 2 aromatic rings. The highest BCUT2D eigenvalue weighted by atomic mass is 79.9. The fourth-order valence-corrected chi connectivity index (χ4v) is 3.87. The number of hydrogen-bond acceptors (Lipinski definition) is 3. The molecule has 0 heterocycles. The van der Waals surface area contributed by atoms with Crippen LogP contribution in [0.4, 0.5) is 0 Å². The second-order valence-electron chi connectivity index (χ2n) is 5.04. The Balaban J connectivity index is 2.50. The molecule has 0 fully saturated rings. The third kappa shape index (κ3) is 3.96. The van der Waals surface area contributed by atoms with Gasteiger partial charge in [-0.25, -0.2) is 13.2 Å². The first-order valence-corrected chi connectivity index (χ1v) is 9.29. The molecule has 0 amide bonds. The highest BCUT2D eigenvalue weighted by Crippen LogP contribution is 2.29. The van der Waals surface area contributed by atoms with Crippen LogP contribution >= 0.6 is 15.9 Å². The summed E-state index contributed by atoms with van der Waals surface area (Å²) in [7, 11) is -3.38. The zero-order valence-corrected chi connectivity index (χ0v) is 14.3. The number of carboxylic acids is 1. The molecule has 22 heavy (non-hydrogen) atoms. The standard InChI is InChI=1S/C16H15BrO4S/c1-22(20,21)15(11-5-3-2-4-6-11)10-12-9-13(17)7-8-14(12)16(18)19/h2-9,15H,10H2,1H3,(H,18,19). The van der Waals surface area contributed by atoms with Gasteiger partial charge in [0.25, 0.3) is 0 Å². The maximum atomic E-state index is 12.1. The summed E-state index contributed by atoms with van der Waals surface area (Å²) in [6, 6.07) is 13.6. The number of carboxylic acid groups (broad SMARTS) is 1. The van der Waals surface area contributed by atoms with E-state index < -0.39 is 21.1 Å². The molecule has 0 aliphatic rings. The Morgan fingerprint density at radius 2 is 1.82 bits per heavy atom. The van der Waals surface area contributed by atoms with Crippen molar-refractivity contribution < 1.29 is 18.3 Å². The predicted octanol–water partition coefficient (Wildman–Crippen LogP) is 3.48. The van der Waals surface area contributed by atoms with E-state index in [1.54, 1.807) is 36.4 Å². The molecule has 0 aliphatic heterocycles. The smallest absolute Gasteiger partial charge is 0.335 e. The van der Waals surface area contributed by atoms with E-state index in [-0.39, 0.29) is 12.0 Å². The molecule has 1 atom stereocenters. The van der Waals surface area contributed by atoms with Crippen LogP contribution in [0.25, 0.3) is 0 Å². The third-order valence-electron chi connectivity index (χ3n) is 3.39. The first-order valence-electron chi connectivity index (χ1n) is 6.54. The molecule has 1 unspecified atom stereocenters. The molecule has 116 valence electrons. The summed E-state index contributed by atoms with van der Waals surface area (Å²) in [6.45, 7) is 0. The molecule has 0 bridgehead atoms. The van der Waals surface area contributed by atoms with E-state index in [9.17, 15) is 18.3 Å². The molecule has 0 saturated carbocycles. The van der Waals surface area contributed by atoms with Crippen molar-refractivity contribution in [3.63, 3.8) is 0 Å². The molecule has 4 nitrogen and oxygen atoms in total. The van der Waals surface area contributed by atoms with Crippen LogP contribution in [0.15, 0.2) is 53.0 Å². The van der Waals surface area contributed by atoms with Gasteiger partial charge in [-0.05, 0) is 35.7 Å². The Bertz CT molecular complexity index is 785. The van der Waals surface area contributed by atoms with Crippen LogP contribution in [-0.2, 0) is 16.3 Å². The van der Waals surface area contributed by atoms with E-state index >= 15 is 0 Å². The van der Waals surface area contributed by atoms with Crippen LogP contribution in [0.3, 0.4) is 0 Å². The molecule has 0 aliphatic carbocycles. The van der Waals surface area contributed by atoms with E-state index in [4.69, 9.17) is 0 Å². The van der Waals surface area contributed by atoms with Gasteiger partial charge in [0.05, 0.1) is 10.8 Å². The predicted molar refractivity (Wildman–Crippen MR) is 88.8 cm³/mol. The van der Waals surface area contributed by atoms with Crippen molar-refractivity contribution in [1.82, 2.24) is 0 Å². The second kappa shape index (κ2) is 6.62. The lowest BCUT2D eigenvalue weighted by Gasteiger charge is -2.17. The van der Waals surface area contributed by atoms with Crippen molar-refractivity contribution in [1.29, 1.82) is 0 Å². The molecular weight excluding hydrogens is 368 g/mol. The van der Waals surface area contributed by atoms with Gasteiger partial charge in [0.1, 0.15) is 0 Å². The second-order valence-corrected chi connectivity index (χ2v) is 8.18. The third-order valence-corrected chi connectivity index (χ3v) is 5.36. The van der Waals surface area contributed by atoms with Crippen molar-refractivity contribution in [2.45, 2.75) is 11.7 Å². The Hall–Kier alpha value is -1.66. The monoisotopic (exact) mass is 382 g/mol. The Kier molecular flexibility index (Phi) is 5.03. The minimum absolute atomic E-state index is 0.115. The van der Waals surface area contributed by atoms with Crippen LogP contribution < -0.4 is 0 Å². The van der Waals surface area contributed by atoms with Crippen LogP contribution in [0.5, 0.6) is 0 Å². The minimum atomic E-state index is -3.38. The summed E-state index contributed by atoms with van der Waals surface area (Å²) < 4.78 is 25.0. The maximum Gasteiger partial charge on any atom is 0.335 e. The quantitative estimate of drug-likeness (QED) is 0.858. The zero-order valence-electron chi connectivity index (χ0n) is 11.9. The first-order chi connectivity index (χ1) is 10.3. The molecular formula is C16H15BrO4S. The van der Waals surface area contributed by atoms with Crippen molar-refractivity contribution in [3.05, 3.63) is 69.7 Å². The van der Waals surface area contributed by atoms with E-state index in [1.807, 2.05) is 6.07 Å². The molecule has 6 heteroatoms. The molecule has 1 N–H and O–H groups in total. The van der Waals surface area contributed by atoms with Gasteiger partial charge in [0.15, 0.2) is 9.84 Å². The molecule has 2 rings (SSSR count). The number of aromatic carboxylic acids is 1. The van der Waals surface area contributed by atoms with E-state index in [2.05, 4.69) is 15.9 Å². The number of rotatable bonds is 5. The topological polar surface area (TPSA) is 71.4 Å². The van der Waals surface area contributed by atoms with Crippen molar-refractivity contribution in [2.24, 2.45) is 0 Å². The normalized spacial score (nSPS) is 12.8. The van der Waals surface area contributed by atoms with Crippen LogP contribution in [0.2, 0.25) is 0 Å². The van der Waals surface area contributed by atoms with Gasteiger partial charge in [0.2, 0.25) is 0 Å². The molecule has 0 spiro atoms. The van der Waals surface area contributed by atoms with E-state index in [1.165, 1.54) is 12.3 Å². The van der Waals surface area contributed by atoms with Crippen LogP contribution in [0, 0.1) is 0 Å². The van der Waals surface area contributed by atoms with Gasteiger partial charge in [0, 0.05) is 10.7 Å². The Morgan fingerprint density at radius 3 is 2.36 bits per heavy atom. The van der Waals surface area contributed by atoms with Crippen LogP contribution in [-0.4, -0.2) is 25.7 Å². The van der Waals surface area contributed by atoms with E-state index in [0.29, 0.717) is 15.6 Å². The average Bonchev–Trinajstić information content (AvgIpc) is 2.44. The highest BCUT2D eigenvalue weighted by Gasteiger charge is 2.25. The lowest BCUT2D eigenvalue weighted by atomic mass is 9.99. The summed E-state index contributed by atoms with van der Waals surface area (Å²) in [4.78, 5) is 11.3. The fraction of sp³-hybridized carbons (Fsp3) is 0.188. The lowest BCUT2D eigenvalue weighted by molar-refractivity contribution is 0.0695. The highest BCUT2D eigenvalue weighted by molar-refractivity contribution is 9.10.